The molecule has 0 fully saturated rings. The van der Waals surface area contributed by atoms with E-state index in [0.717, 1.165) is 0 Å². The maximum Gasteiger partial charge on any atom is 0.341 e. The van der Waals surface area contributed by atoms with E-state index in [0.29, 0.717) is 22.9 Å². The highest BCUT2D eigenvalue weighted by molar-refractivity contribution is 7.14. The van der Waals surface area contributed by atoms with Crippen LogP contribution in [0.25, 0.3) is 0 Å². The number of nitrogens with one attached hydrogen (secondary N) is 1. The van der Waals surface area contributed by atoms with E-state index in [1.54, 1.807) is 31.5 Å². The van der Waals surface area contributed by atoms with Gasteiger partial charge in [-0.05, 0) is 24.4 Å². The molecule has 0 radical (unpaired) electrons. The van der Waals surface area contributed by atoms with Gasteiger partial charge in [-0.2, -0.15) is 5.10 Å². The Balaban J connectivity index is 2.16. The molecule has 1 N–H and O–H groups in total. The number of rotatable bonds is 4. The van der Waals surface area contributed by atoms with Gasteiger partial charge in [0, 0.05) is 13.2 Å². The molecule has 0 saturated carbocycles. The summed E-state index contributed by atoms with van der Waals surface area (Å²) >= 11 is 1.27. The minimum Gasteiger partial charge on any atom is -0.462 e. The molecule has 0 atom stereocenters. The van der Waals surface area contributed by atoms with Gasteiger partial charge in [-0.15, -0.1) is 11.3 Å². The van der Waals surface area contributed by atoms with Crippen molar-refractivity contribution in [2.75, 3.05) is 11.9 Å². The van der Waals surface area contributed by atoms with Gasteiger partial charge in [0.25, 0.3) is 5.91 Å². The van der Waals surface area contributed by atoms with Crippen molar-refractivity contribution in [3.8, 4) is 0 Å². The second-order valence-corrected chi connectivity index (χ2v) is 4.59. The summed E-state index contributed by atoms with van der Waals surface area (Å²) in [6.07, 6.45) is 1.54. The van der Waals surface area contributed by atoms with Crippen molar-refractivity contribution < 1.29 is 14.3 Å². The molecule has 0 aliphatic carbocycles. The molecule has 0 unspecified atom stereocenters. The number of hydrogen-bond donors (Lipinski definition) is 1. The van der Waals surface area contributed by atoms with Crippen LogP contribution in [0.3, 0.4) is 0 Å². The number of thiophene rings is 1. The van der Waals surface area contributed by atoms with Crippen LogP contribution in [0.15, 0.2) is 23.7 Å². The lowest BCUT2D eigenvalue weighted by Crippen LogP contribution is -2.17. The Morgan fingerprint density at radius 2 is 2.26 bits per heavy atom. The number of carbonyl (C=O) groups excluding carboxylic acids is 2. The number of amides is 1. The van der Waals surface area contributed by atoms with Gasteiger partial charge in [0.15, 0.2) is 0 Å². The van der Waals surface area contributed by atoms with Crippen LogP contribution in [-0.4, -0.2) is 28.3 Å². The highest BCUT2D eigenvalue weighted by Crippen LogP contribution is 2.24. The third-order valence-electron chi connectivity index (χ3n) is 2.44. The largest absolute Gasteiger partial charge is 0.462 e. The number of aromatic nitrogens is 2. The molecule has 0 aliphatic heterocycles. The standard InChI is InChI=1S/C12H13N3O3S/c1-3-18-12(17)8-5-7-19-11(8)14-10(16)9-4-6-13-15(9)2/h4-7H,3H2,1-2H3,(H,14,16). The average molecular weight is 279 g/mol. The molecule has 2 aromatic heterocycles. The molecule has 6 nitrogen and oxygen atoms in total. The number of carbonyl (C=O) groups is 2. The maximum absolute atomic E-state index is 12.0. The highest BCUT2D eigenvalue weighted by Gasteiger charge is 2.17. The second-order valence-electron chi connectivity index (χ2n) is 3.68. The van der Waals surface area contributed by atoms with E-state index in [4.69, 9.17) is 4.74 Å². The van der Waals surface area contributed by atoms with Crippen molar-refractivity contribution >= 4 is 28.2 Å². The van der Waals surface area contributed by atoms with Crippen molar-refractivity contribution in [1.82, 2.24) is 9.78 Å². The molecule has 19 heavy (non-hydrogen) atoms. The molecule has 0 aromatic carbocycles. The third kappa shape index (κ3) is 2.82. The Labute approximate surface area is 114 Å². The lowest BCUT2D eigenvalue weighted by Gasteiger charge is -2.06. The van der Waals surface area contributed by atoms with Gasteiger partial charge in [-0.1, -0.05) is 0 Å². The fraction of sp³-hybridized carbons (Fsp3) is 0.250. The van der Waals surface area contributed by atoms with Crippen molar-refractivity contribution in [3.63, 3.8) is 0 Å². The molecular weight excluding hydrogens is 266 g/mol. The summed E-state index contributed by atoms with van der Waals surface area (Å²) in [5.41, 5.74) is 0.783. The van der Waals surface area contributed by atoms with Crippen LogP contribution in [0.4, 0.5) is 5.00 Å². The van der Waals surface area contributed by atoms with Gasteiger partial charge in [-0.25, -0.2) is 4.79 Å². The summed E-state index contributed by atoms with van der Waals surface area (Å²) in [5.74, 6) is -0.753. The number of nitrogens with zero attached hydrogens (tertiary/aromatic N) is 2. The van der Waals surface area contributed by atoms with Crippen LogP contribution in [0.5, 0.6) is 0 Å². The van der Waals surface area contributed by atoms with Crippen LogP contribution < -0.4 is 5.32 Å². The molecule has 2 aromatic rings. The van der Waals surface area contributed by atoms with Crippen molar-refractivity contribution in [2.24, 2.45) is 7.05 Å². The van der Waals surface area contributed by atoms with Crippen molar-refractivity contribution in [3.05, 3.63) is 35.0 Å². The number of ether oxygens (including phenoxy) is 1. The average Bonchev–Trinajstić information content (AvgIpc) is 2.98. The quantitative estimate of drug-likeness (QED) is 0.868. The Morgan fingerprint density at radius 3 is 2.89 bits per heavy atom. The van der Waals surface area contributed by atoms with E-state index in [2.05, 4.69) is 10.4 Å². The topological polar surface area (TPSA) is 73.2 Å². The van der Waals surface area contributed by atoms with E-state index in [9.17, 15) is 9.59 Å². The summed E-state index contributed by atoms with van der Waals surface area (Å²) in [5, 5.41) is 8.82. The third-order valence-corrected chi connectivity index (χ3v) is 3.27. The summed E-state index contributed by atoms with van der Waals surface area (Å²) in [7, 11) is 1.68. The number of aryl methyl sites for hydroxylation is 1. The zero-order valence-electron chi connectivity index (χ0n) is 10.5. The predicted octanol–water partition coefficient (Wildman–Crippen LogP) is 1.91. The predicted molar refractivity (Wildman–Crippen MR) is 71.4 cm³/mol. The van der Waals surface area contributed by atoms with Crippen LogP contribution >= 0.6 is 11.3 Å². The van der Waals surface area contributed by atoms with E-state index >= 15 is 0 Å². The zero-order valence-corrected chi connectivity index (χ0v) is 11.4. The Kier molecular flexibility index (Phi) is 3.96. The van der Waals surface area contributed by atoms with Crippen molar-refractivity contribution in [1.29, 1.82) is 0 Å². The van der Waals surface area contributed by atoms with E-state index in [-0.39, 0.29) is 5.91 Å². The van der Waals surface area contributed by atoms with E-state index < -0.39 is 5.97 Å². The monoisotopic (exact) mass is 279 g/mol. The summed E-state index contributed by atoms with van der Waals surface area (Å²) in [6.45, 7) is 2.03. The molecule has 1 amide bonds. The molecule has 2 rings (SSSR count). The molecule has 0 spiro atoms. The van der Waals surface area contributed by atoms with Crippen LogP contribution in [0.2, 0.25) is 0 Å². The lowest BCUT2D eigenvalue weighted by atomic mass is 10.3. The normalized spacial score (nSPS) is 10.2. The summed E-state index contributed by atoms with van der Waals surface area (Å²) in [6, 6.07) is 3.23. The number of hydrogen-bond acceptors (Lipinski definition) is 5. The Hall–Kier alpha value is -2.15. The maximum atomic E-state index is 12.0. The smallest absolute Gasteiger partial charge is 0.341 e. The SMILES string of the molecule is CCOC(=O)c1ccsc1NC(=O)c1ccnn1C. The Morgan fingerprint density at radius 1 is 1.47 bits per heavy atom. The van der Waals surface area contributed by atoms with Gasteiger partial charge < -0.3 is 10.1 Å². The van der Waals surface area contributed by atoms with E-state index in [1.807, 2.05) is 0 Å². The molecule has 2 heterocycles. The Bertz CT molecular complexity index is 603. The van der Waals surface area contributed by atoms with Gasteiger partial charge in [0.05, 0.1) is 12.2 Å². The zero-order chi connectivity index (χ0) is 13.8. The molecular formula is C12H13N3O3S. The van der Waals surface area contributed by atoms with Gasteiger partial charge in [0.2, 0.25) is 0 Å². The fourth-order valence-electron chi connectivity index (χ4n) is 1.54. The van der Waals surface area contributed by atoms with Crippen molar-refractivity contribution in [2.45, 2.75) is 6.92 Å². The number of esters is 1. The minimum absolute atomic E-state index is 0.295. The minimum atomic E-state index is -0.441. The number of anilines is 1. The van der Waals surface area contributed by atoms with Gasteiger partial charge in [0.1, 0.15) is 10.7 Å². The first-order chi connectivity index (χ1) is 9.13. The van der Waals surface area contributed by atoms with Gasteiger partial charge in [-0.3, -0.25) is 9.48 Å². The van der Waals surface area contributed by atoms with Crippen LogP contribution in [0, 0.1) is 0 Å². The second kappa shape index (κ2) is 5.66. The molecule has 7 heteroatoms. The summed E-state index contributed by atoms with van der Waals surface area (Å²) in [4.78, 5) is 23.7. The first-order valence-electron chi connectivity index (χ1n) is 5.67. The van der Waals surface area contributed by atoms with E-state index in [1.165, 1.54) is 22.2 Å². The molecule has 0 saturated heterocycles. The van der Waals surface area contributed by atoms with Gasteiger partial charge >= 0.3 is 5.97 Å². The molecule has 0 aliphatic rings. The highest BCUT2D eigenvalue weighted by atomic mass is 32.1. The lowest BCUT2D eigenvalue weighted by molar-refractivity contribution is 0.0528. The molecule has 100 valence electrons. The summed E-state index contributed by atoms with van der Waals surface area (Å²) < 4.78 is 6.39. The van der Waals surface area contributed by atoms with Crippen LogP contribution in [-0.2, 0) is 11.8 Å². The molecule has 0 bridgehead atoms. The first kappa shape index (κ1) is 13.3. The fourth-order valence-corrected chi connectivity index (χ4v) is 2.31. The first-order valence-corrected chi connectivity index (χ1v) is 6.55. The van der Waals surface area contributed by atoms with Crippen LogP contribution in [0.1, 0.15) is 27.8 Å².